The number of aromatic amines is 1. The molecule has 1 aromatic heterocycles. The summed E-state index contributed by atoms with van der Waals surface area (Å²) in [6.07, 6.45) is 4.18. The zero-order chi connectivity index (χ0) is 32.9. The largest absolute Gasteiger partial charge is 0.488 e. The van der Waals surface area contributed by atoms with Gasteiger partial charge in [0.1, 0.15) is 23.4 Å². The fourth-order valence-electron chi connectivity index (χ4n) is 6.61. The van der Waals surface area contributed by atoms with Crippen molar-refractivity contribution in [1.82, 2.24) is 10.3 Å². The zero-order valence-corrected chi connectivity index (χ0v) is 30.0. The second kappa shape index (κ2) is 14.6. The van der Waals surface area contributed by atoms with Crippen LogP contribution in [0.3, 0.4) is 0 Å². The minimum absolute atomic E-state index is 0.165. The third-order valence-electron chi connectivity index (χ3n) is 8.60. The highest BCUT2D eigenvalue weighted by Gasteiger charge is 2.45. The average Bonchev–Trinajstić information content (AvgIpc) is 3.63. The third-order valence-corrected chi connectivity index (χ3v) is 15.8. The molecular weight excluding hydrogens is 605 g/mol. The van der Waals surface area contributed by atoms with Gasteiger partial charge in [-0.15, -0.1) is 0 Å². The molecule has 0 saturated heterocycles. The second-order valence-electron chi connectivity index (χ2n) is 13.0. The van der Waals surface area contributed by atoms with Gasteiger partial charge in [0, 0.05) is 30.7 Å². The smallest absolute Gasteiger partial charge is 0.200 e. The fourth-order valence-corrected chi connectivity index (χ4v) is 12.7. The molecule has 0 bridgehead atoms. The summed E-state index contributed by atoms with van der Waals surface area (Å²) in [5.74, 6) is 1.73. The lowest BCUT2D eigenvalue weighted by molar-refractivity contribution is 0.0920. The van der Waals surface area contributed by atoms with Crippen LogP contribution in [-0.2, 0) is 19.0 Å². The minimum atomic E-state index is -3.30. The first kappa shape index (κ1) is 34.8. The summed E-state index contributed by atoms with van der Waals surface area (Å²) in [5, 5.41) is 3.69. The Morgan fingerprint density at radius 1 is 0.844 bits per heavy atom. The van der Waals surface area contributed by atoms with Gasteiger partial charge in [-0.2, -0.15) is 0 Å². The van der Waals surface area contributed by atoms with E-state index in [-0.39, 0.29) is 17.0 Å². The number of nitrogens with one attached hydrogen (secondary N) is 2. The van der Waals surface area contributed by atoms with Crippen molar-refractivity contribution >= 4 is 23.9 Å². The maximum Gasteiger partial charge on any atom is 0.200 e. The number of methoxy groups -OCH3 is 1. The zero-order valence-electron chi connectivity index (χ0n) is 28.1. The molecular formula is C35H50N2O6SSi. The molecule has 45 heavy (non-hydrogen) atoms. The van der Waals surface area contributed by atoms with E-state index in [1.807, 2.05) is 25.1 Å². The molecule has 10 heteroatoms. The summed E-state index contributed by atoms with van der Waals surface area (Å²) in [5.41, 5.74) is 5.54. The number of benzene rings is 2. The maximum atomic E-state index is 11.9. The van der Waals surface area contributed by atoms with E-state index in [0.717, 1.165) is 29.1 Å². The van der Waals surface area contributed by atoms with E-state index < -0.39 is 18.2 Å². The second-order valence-corrected chi connectivity index (χ2v) is 20.5. The first-order valence-electron chi connectivity index (χ1n) is 15.8. The normalized spacial score (nSPS) is 16.3. The molecule has 2 aromatic carbocycles. The molecule has 0 amide bonds. The van der Waals surface area contributed by atoms with Gasteiger partial charge in [0.05, 0.1) is 35.5 Å². The van der Waals surface area contributed by atoms with Crippen molar-refractivity contribution in [2.45, 2.75) is 88.6 Å². The number of aromatic nitrogens is 1. The van der Waals surface area contributed by atoms with Crippen LogP contribution in [0.25, 0.3) is 17.0 Å². The highest BCUT2D eigenvalue weighted by atomic mass is 32.2. The summed E-state index contributed by atoms with van der Waals surface area (Å²) in [6.45, 7) is 17.0. The van der Waals surface area contributed by atoms with Crippen LogP contribution in [0.4, 0.5) is 0 Å². The predicted molar refractivity (Wildman–Crippen MR) is 184 cm³/mol. The van der Waals surface area contributed by atoms with Crippen LogP contribution in [-0.4, -0.2) is 60.4 Å². The Hall–Kier alpha value is -3.05. The molecule has 8 nitrogen and oxygen atoms in total. The maximum absolute atomic E-state index is 11.9. The Balaban J connectivity index is 1.52. The molecule has 2 N–H and O–H groups in total. The average molecular weight is 655 g/mol. The molecule has 0 saturated carbocycles. The Morgan fingerprint density at radius 2 is 1.47 bits per heavy atom. The van der Waals surface area contributed by atoms with Crippen LogP contribution in [0.2, 0.25) is 16.6 Å². The Bertz CT molecular complexity index is 1540. The van der Waals surface area contributed by atoms with Crippen LogP contribution in [0.15, 0.2) is 65.6 Å². The van der Waals surface area contributed by atoms with E-state index in [0.29, 0.717) is 47.1 Å². The monoisotopic (exact) mass is 654 g/mol. The number of hydrogen-bond acceptors (Lipinski definition) is 7. The number of ether oxygens (including phenoxy) is 3. The van der Waals surface area contributed by atoms with Crippen molar-refractivity contribution in [3.05, 3.63) is 66.4 Å². The van der Waals surface area contributed by atoms with Gasteiger partial charge < -0.3 is 28.9 Å². The van der Waals surface area contributed by atoms with Gasteiger partial charge in [-0.25, -0.2) is 8.42 Å². The molecule has 2 atom stereocenters. The van der Waals surface area contributed by atoms with Crippen LogP contribution in [0.5, 0.6) is 17.2 Å². The van der Waals surface area contributed by atoms with Gasteiger partial charge in [0.25, 0.3) is 0 Å². The third kappa shape index (κ3) is 8.41. The van der Waals surface area contributed by atoms with Gasteiger partial charge in [-0.05, 0) is 78.5 Å². The summed E-state index contributed by atoms with van der Waals surface area (Å²) in [4.78, 5) is 3.81. The molecule has 0 unspecified atom stereocenters. The van der Waals surface area contributed by atoms with E-state index in [2.05, 4.69) is 70.1 Å². The molecule has 0 fully saturated rings. The van der Waals surface area contributed by atoms with Crippen LogP contribution >= 0.6 is 0 Å². The molecule has 0 radical (unpaired) electrons. The first-order valence-corrected chi connectivity index (χ1v) is 19.8. The van der Waals surface area contributed by atoms with Gasteiger partial charge in [0.2, 0.25) is 0 Å². The molecule has 2 heterocycles. The number of hydrogen-bond donors (Lipinski definition) is 2. The lowest BCUT2D eigenvalue weighted by Crippen LogP contribution is -2.49. The highest BCUT2D eigenvalue weighted by molar-refractivity contribution is 7.90. The van der Waals surface area contributed by atoms with Crippen molar-refractivity contribution in [2.75, 3.05) is 26.6 Å². The molecule has 1 aliphatic heterocycles. The van der Waals surface area contributed by atoms with E-state index in [4.69, 9.17) is 18.6 Å². The van der Waals surface area contributed by atoms with Gasteiger partial charge in [-0.3, -0.25) is 0 Å². The van der Waals surface area contributed by atoms with Crippen molar-refractivity contribution in [3.8, 4) is 28.5 Å². The number of rotatable bonds is 15. The van der Waals surface area contributed by atoms with Gasteiger partial charge >= 0.3 is 0 Å². The fraction of sp³-hybridized carbons (Fsp3) is 0.486. The molecule has 246 valence electrons. The quantitative estimate of drug-likeness (QED) is 0.160. The van der Waals surface area contributed by atoms with E-state index in [9.17, 15) is 8.42 Å². The van der Waals surface area contributed by atoms with E-state index in [1.165, 1.54) is 6.26 Å². The predicted octanol–water partition coefficient (Wildman–Crippen LogP) is 8.19. The van der Waals surface area contributed by atoms with Crippen LogP contribution in [0.1, 0.15) is 60.6 Å². The number of H-pyrrole nitrogens is 1. The van der Waals surface area contributed by atoms with Gasteiger partial charge in [0.15, 0.2) is 18.2 Å². The molecule has 3 aromatic rings. The first-order chi connectivity index (χ1) is 21.2. The van der Waals surface area contributed by atoms with E-state index in [1.54, 1.807) is 31.4 Å². The molecule has 0 aliphatic carbocycles. The highest BCUT2D eigenvalue weighted by Crippen LogP contribution is 2.42. The summed E-state index contributed by atoms with van der Waals surface area (Å²) < 4.78 is 48.2. The molecule has 0 spiro atoms. The lowest BCUT2D eigenvalue weighted by Gasteiger charge is -2.42. The van der Waals surface area contributed by atoms with Crippen LogP contribution in [0, 0.1) is 0 Å². The SMILES string of the molecule is COC[C@H](C)Oc1cc(Oc2ccc(S(C)(=O)=O)cc2)cc(-c2ccc(C3=CC[C@@H](CO[Si](C(C)C)(C(C)C)C(C)C)N3)[nH]2)c1. The van der Waals surface area contributed by atoms with Crippen molar-refractivity contribution in [2.24, 2.45) is 0 Å². The van der Waals surface area contributed by atoms with Crippen molar-refractivity contribution < 1.29 is 27.1 Å². The number of sulfone groups is 1. The van der Waals surface area contributed by atoms with Gasteiger partial charge in [-0.1, -0.05) is 47.6 Å². The molecule has 4 rings (SSSR count). The summed E-state index contributed by atoms with van der Waals surface area (Å²) in [6, 6.07) is 16.5. The standard InChI is InChI=1S/C35H50N2O6SSi/c1-23(2)45(24(3)4,25(5)6)41-22-28-10-15-34(36-28)35-17-16-33(37-35)27-18-30(42-26(7)21-40-8)20-31(19-27)43-29-11-13-32(14-12-29)44(9,38)39/h11-20,23-26,28,36-37H,10,21-22H2,1-9H3/t26-,28-/m0/s1. The van der Waals surface area contributed by atoms with Crippen molar-refractivity contribution in [3.63, 3.8) is 0 Å². The Morgan fingerprint density at radius 3 is 2.07 bits per heavy atom. The minimum Gasteiger partial charge on any atom is -0.488 e. The summed E-state index contributed by atoms with van der Waals surface area (Å²) in [7, 11) is -3.59. The summed E-state index contributed by atoms with van der Waals surface area (Å²) >= 11 is 0. The Kier molecular flexibility index (Phi) is 11.3. The van der Waals surface area contributed by atoms with Crippen LogP contribution < -0.4 is 14.8 Å². The van der Waals surface area contributed by atoms with E-state index >= 15 is 0 Å². The topological polar surface area (TPSA) is 98.9 Å². The lowest BCUT2D eigenvalue weighted by atomic mass is 10.1. The van der Waals surface area contributed by atoms with Crippen molar-refractivity contribution in [1.29, 1.82) is 0 Å². The molecule has 1 aliphatic rings. The Labute approximate surface area is 270 Å².